The molecule has 0 spiro atoms. The summed E-state index contributed by atoms with van der Waals surface area (Å²) in [5.41, 5.74) is 7.71. The first kappa shape index (κ1) is 16.5. The number of hydrogen-bond donors (Lipinski definition) is 2. The molecule has 4 atom stereocenters. The average Bonchev–Trinajstić information content (AvgIpc) is 2.44. The molecule has 0 heterocycles. The van der Waals surface area contributed by atoms with Crippen LogP contribution < -0.4 is 5.73 Å². The molecule has 0 saturated heterocycles. The molecule has 118 valence electrons. The molecule has 1 aromatic carbocycles. The monoisotopic (exact) mass is 290 g/mol. The molecule has 1 saturated carbocycles. The SMILES string of the molecule is CC1CC(C)C(CN(CCO)Cc2ccccc2)C(N)C1. The second-order valence-electron chi connectivity index (χ2n) is 6.83. The van der Waals surface area contributed by atoms with Gasteiger partial charge < -0.3 is 10.8 Å². The minimum absolute atomic E-state index is 0.208. The Hall–Kier alpha value is -0.900. The van der Waals surface area contributed by atoms with Crippen LogP contribution >= 0.6 is 0 Å². The molecular formula is C18H30N2O. The fraction of sp³-hybridized carbons (Fsp3) is 0.667. The van der Waals surface area contributed by atoms with Crippen LogP contribution in [-0.2, 0) is 6.54 Å². The molecule has 2 rings (SSSR count). The summed E-state index contributed by atoms with van der Waals surface area (Å²) >= 11 is 0. The summed E-state index contributed by atoms with van der Waals surface area (Å²) in [5.74, 6) is 1.95. The average molecular weight is 290 g/mol. The fourth-order valence-corrected chi connectivity index (χ4v) is 3.80. The van der Waals surface area contributed by atoms with Gasteiger partial charge in [0.15, 0.2) is 0 Å². The molecule has 3 nitrogen and oxygen atoms in total. The molecule has 3 heteroatoms. The van der Waals surface area contributed by atoms with Crippen LogP contribution in [0.25, 0.3) is 0 Å². The standard InChI is InChI=1S/C18H30N2O/c1-14-10-15(2)17(18(19)11-14)13-20(8-9-21)12-16-6-4-3-5-7-16/h3-7,14-15,17-18,21H,8-13,19H2,1-2H3. The van der Waals surface area contributed by atoms with E-state index in [0.29, 0.717) is 17.9 Å². The van der Waals surface area contributed by atoms with E-state index in [-0.39, 0.29) is 6.61 Å². The molecule has 0 aliphatic heterocycles. The molecule has 0 radical (unpaired) electrons. The molecule has 21 heavy (non-hydrogen) atoms. The zero-order valence-corrected chi connectivity index (χ0v) is 13.4. The maximum absolute atomic E-state index is 9.35. The second kappa shape index (κ2) is 7.92. The van der Waals surface area contributed by atoms with Gasteiger partial charge in [-0.3, -0.25) is 4.90 Å². The van der Waals surface area contributed by atoms with Gasteiger partial charge in [-0.1, -0.05) is 44.2 Å². The van der Waals surface area contributed by atoms with Crippen molar-refractivity contribution in [2.75, 3.05) is 19.7 Å². The summed E-state index contributed by atoms with van der Waals surface area (Å²) in [4.78, 5) is 2.35. The topological polar surface area (TPSA) is 49.5 Å². The molecule has 3 N–H and O–H groups in total. The van der Waals surface area contributed by atoms with E-state index < -0.39 is 0 Å². The van der Waals surface area contributed by atoms with Crippen LogP contribution in [0, 0.1) is 17.8 Å². The summed E-state index contributed by atoms with van der Waals surface area (Å²) in [6.07, 6.45) is 2.41. The predicted octanol–water partition coefficient (Wildman–Crippen LogP) is 2.49. The zero-order chi connectivity index (χ0) is 15.2. The van der Waals surface area contributed by atoms with E-state index in [0.717, 1.165) is 32.0 Å². The van der Waals surface area contributed by atoms with Gasteiger partial charge in [-0.15, -0.1) is 0 Å². The second-order valence-corrected chi connectivity index (χ2v) is 6.83. The Kier molecular flexibility index (Phi) is 6.22. The quantitative estimate of drug-likeness (QED) is 0.846. The Morgan fingerprint density at radius 1 is 1.19 bits per heavy atom. The third-order valence-electron chi connectivity index (χ3n) is 4.86. The molecule has 1 aliphatic carbocycles. The summed E-state index contributed by atoms with van der Waals surface area (Å²) in [7, 11) is 0. The Morgan fingerprint density at radius 2 is 1.90 bits per heavy atom. The lowest BCUT2D eigenvalue weighted by Crippen LogP contribution is -2.47. The number of nitrogens with zero attached hydrogens (tertiary/aromatic N) is 1. The minimum atomic E-state index is 0.208. The van der Waals surface area contributed by atoms with Crippen molar-refractivity contribution >= 4 is 0 Å². The predicted molar refractivity (Wildman–Crippen MR) is 87.8 cm³/mol. The highest BCUT2D eigenvalue weighted by Gasteiger charge is 2.32. The van der Waals surface area contributed by atoms with Crippen molar-refractivity contribution in [3.8, 4) is 0 Å². The van der Waals surface area contributed by atoms with E-state index in [1.54, 1.807) is 0 Å². The van der Waals surface area contributed by atoms with Gasteiger partial charge in [0.25, 0.3) is 0 Å². The van der Waals surface area contributed by atoms with Crippen molar-refractivity contribution in [2.45, 2.75) is 39.3 Å². The van der Waals surface area contributed by atoms with Crippen molar-refractivity contribution in [3.05, 3.63) is 35.9 Å². The lowest BCUT2D eigenvalue weighted by molar-refractivity contribution is 0.100. The molecule has 0 amide bonds. The van der Waals surface area contributed by atoms with Gasteiger partial charge in [0.05, 0.1) is 6.61 Å². The maximum Gasteiger partial charge on any atom is 0.0558 e. The van der Waals surface area contributed by atoms with Crippen molar-refractivity contribution in [3.63, 3.8) is 0 Å². The molecule has 1 aromatic rings. The van der Waals surface area contributed by atoms with E-state index >= 15 is 0 Å². The first-order valence-corrected chi connectivity index (χ1v) is 8.23. The van der Waals surface area contributed by atoms with Crippen LogP contribution in [-0.4, -0.2) is 35.7 Å². The van der Waals surface area contributed by atoms with E-state index in [2.05, 4.69) is 43.0 Å². The minimum Gasteiger partial charge on any atom is -0.395 e. The Balaban J connectivity index is 1.98. The summed E-state index contributed by atoms with van der Waals surface area (Å²) < 4.78 is 0. The first-order chi connectivity index (χ1) is 10.1. The van der Waals surface area contributed by atoms with Gasteiger partial charge >= 0.3 is 0 Å². The van der Waals surface area contributed by atoms with Crippen LogP contribution in [0.2, 0.25) is 0 Å². The summed E-state index contributed by atoms with van der Waals surface area (Å²) in [5, 5.41) is 9.35. The van der Waals surface area contributed by atoms with Crippen LogP contribution in [0.1, 0.15) is 32.3 Å². The Labute approximate surface area is 129 Å². The van der Waals surface area contributed by atoms with Crippen molar-refractivity contribution < 1.29 is 5.11 Å². The zero-order valence-electron chi connectivity index (χ0n) is 13.4. The molecule has 4 unspecified atom stereocenters. The third-order valence-corrected chi connectivity index (χ3v) is 4.86. The van der Waals surface area contributed by atoms with Crippen molar-refractivity contribution in [2.24, 2.45) is 23.5 Å². The van der Waals surface area contributed by atoms with Gasteiger partial charge in [0.1, 0.15) is 0 Å². The highest BCUT2D eigenvalue weighted by atomic mass is 16.3. The number of rotatable bonds is 6. The van der Waals surface area contributed by atoms with Gasteiger partial charge in [0.2, 0.25) is 0 Å². The van der Waals surface area contributed by atoms with E-state index in [9.17, 15) is 5.11 Å². The highest BCUT2D eigenvalue weighted by molar-refractivity contribution is 5.14. The number of nitrogens with two attached hydrogens (primary N) is 1. The lowest BCUT2D eigenvalue weighted by atomic mass is 9.72. The molecule has 1 aliphatic rings. The molecule has 0 bridgehead atoms. The van der Waals surface area contributed by atoms with Crippen LogP contribution in [0.4, 0.5) is 0 Å². The van der Waals surface area contributed by atoms with Crippen molar-refractivity contribution in [1.82, 2.24) is 4.90 Å². The lowest BCUT2D eigenvalue weighted by Gasteiger charge is -2.40. The van der Waals surface area contributed by atoms with Gasteiger partial charge in [-0.25, -0.2) is 0 Å². The number of aliphatic hydroxyl groups is 1. The molecule has 0 aromatic heterocycles. The summed E-state index contributed by atoms with van der Waals surface area (Å²) in [6, 6.07) is 10.8. The number of benzene rings is 1. The smallest absolute Gasteiger partial charge is 0.0558 e. The van der Waals surface area contributed by atoms with E-state index in [4.69, 9.17) is 5.73 Å². The first-order valence-electron chi connectivity index (χ1n) is 8.23. The van der Waals surface area contributed by atoms with Crippen molar-refractivity contribution in [1.29, 1.82) is 0 Å². The van der Waals surface area contributed by atoms with Crippen LogP contribution in [0.3, 0.4) is 0 Å². The molecular weight excluding hydrogens is 260 g/mol. The van der Waals surface area contributed by atoms with E-state index in [1.165, 1.54) is 12.0 Å². The maximum atomic E-state index is 9.35. The van der Waals surface area contributed by atoms with Gasteiger partial charge in [-0.2, -0.15) is 0 Å². The largest absolute Gasteiger partial charge is 0.395 e. The van der Waals surface area contributed by atoms with Crippen LogP contribution in [0.5, 0.6) is 0 Å². The van der Waals surface area contributed by atoms with E-state index in [1.807, 2.05) is 6.07 Å². The third kappa shape index (κ3) is 4.80. The van der Waals surface area contributed by atoms with Gasteiger partial charge in [-0.05, 0) is 36.2 Å². The number of hydrogen-bond acceptors (Lipinski definition) is 3. The number of aliphatic hydroxyl groups excluding tert-OH is 1. The Bertz CT molecular complexity index is 397. The Morgan fingerprint density at radius 3 is 2.52 bits per heavy atom. The van der Waals surface area contributed by atoms with Crippen LogP contribution in [0.15, 0.2) is 30.3 Å². The highest BCUT2D eigenvalue weighted by Crippen LogP contribution is 2.33. The summed E-state index contributed by atoms with van der Waals surface area (Å²) in [6.45, 7) is 7.46. The fourth-order valence-electron chi connectivity index (χ4n) is 3.80. The molecule has 1 fully saturated rings. The van der Waals surface area contributed by atoms with Gasteiger partial charge in [0, 0.05) is 25.7 Å². The normalized spacial score (nSPS) is 29.8.